The lowest BCUT2D eigenvalue weighted by atomic mass is 10.0. The minimum Gasteiger partial charge on any atom is -0.377 e. The van der Waals surface area contributed by atoms with Crippen molar-refractivity contribution in [2.24, 2.45) is 0 Å². The van der Waals surface area contributed by atoms with Crippen molar-refractivity contribution >= 4 is 17.5 Å². The largest absolute Gasteiger partial charge is 0.401 e. The van der Waals surface area contributed by atoms with Crippen molar-refractivity contribution in [3.63, 3.8) is 0 Å². The third-order valence-corrected chi connectivity index (χ3v) is 5.90. The Morgan fingerprint density at radius 2 is 1.97 bits per heavy atom. The molecule has 2 N–H and O–H groups in total. The Hall–Kier alpha value is -2.92. The number of alkyl halides is 3. The van der Waals surface area contributed by atoms with Crippen molar-refractivity contribution < 1.29 is 22.7 Å². The first-order valence-electron chi connectivity index (χ1n) is 11.4. The quantitative estimate of drug-likeness (QED) is 0.685. The smallest absolute Gasteiger partial charge is 0.377 e. The van der Waals surface area contributed by atoms with Gasteiger partial charge in [-0.05, 0) is 44.5 Å². The summed E-state index contributed by atoms with van der Waals surface area (Å²) in [5.41, 5.74) is 2.87. The highest BCUT2D eigenvalue weighted by Crippen LogP contribution is 2.32. The summed E-state index contributed by atoms with van der Waals surface area (Å²) in [4.78, 5) is 24.9. The molecule has 184 valence electrons. The minimum atomic E-state index is -4.26. The number of fused-ring (bicyclic) bond motifs is 1. The number of nitrogens with zero attached hydrogens (tertiary/aromatic N) is 4. The maximum absolute atomic E-state index is 13.0. The fourth-order valence-corrected chi connectivity index (χ4v) is 4.30. The number of amides is 2. The van der Waals surface area contributed by atoms with E-state index >= 15 is 0 Å². The van der Waals surface area contributed by atoms with Crippen LogP contribution in [0.4, 0.5) is 29.5 Å². The van der Waals surface area contributed by atoms with Gasteiger partial charge in [0.25, 0.3) is 0 Å². The molecule has 2 aliphatic rings. The number of carbonyl (C=O) groups excluding carboxylic acids is 1. The number of hydrogen-bond acceptors (Lipinski definition) is 6. The number of aromatic nitrogens is 2. The van der Waals surface area contributed by atoms with Crippen LogP contribution >= 0.6 is 0 Å². The summed E-state index contributed by atoms with van der Waals surface area (Å²) >= 11 is 0. The second kappa shape index (κ2) is 10.1. The zero-order chi connectivity index (χ0) is 24.3. The van der Waals surface area contributed by atoms with Gasteiger partial charge in [-0.25, -0.2) is 14.8 Å². The van der Waals surface area contributed by atoms with Gasteiger partial charge in [0, 0.05) is 43.0 Å². The van der Waals surface area contributed by atoms with Gasteiger partial charge in [-0.1, -0.05) is 0 Å². The summed E-state index contributed by atoms with van der Waals surface area (Å²) in [5.74, 6) is 1.22. The van der Waals surface area contributed by atoms with Crippen LogP contribution < -0.4 is 15.5 Å². The van der Waals surface area contributed by atoms with Gasteiger partial charge in [0.2, 0.25) is 0 Å². The van der Waals surface area contributed by atoms with Crippen molar-refractivity contribution in [3.05, 3.63) is 35.5 Å². The number of ether oxygens (including phenoxy) is 1. The fourth-order valence-electron chi connectivity index (χ4n) is 4.30. The molecule has 1 atom stereocenters. The van der Waals surface area contributed by atoms with E-state index in [1.165, 1.54) is 4.90 Å². The predicted molar refractivity (Wildman–Crippen MR) is 123 cm³/mol. The topological polar surface area (TPSA) is 82.6 Å². The maximum atomic E-state index is 13.0. The second-order valence-electron chi connectivity index (χ2n) is 8.55. The van der Waals surface area contributed by atoms with Gasteiger partial charge in [-0.15, -0.1) is 0 Å². The molecule has 2 aliphatic heterocycles. The molecule has 2 aromatic rings. The van der Waals surface area contributed by atoms with Crippen LogP contribution in [0.25, 0.3) is 11.4 Å². The fraction of sp³-hybridized carbons (Fsp3) is 0.522. The molecule has 0 saturated carbocycles. The molecular weight excluding hydrogens is 449 g/mol. The van der Waals surface area contributed by atoms with Crippen LogP contribution in [0.3, 0.4) is 0 Å². The Labute approximate surface area is 196 Å². The molecule has 1 aromatic carbocycles. The number of carbonyl (C=O) groups is 1. The first-order chi connectivity index (χ1) is 16.2. The van der Waals surface area contributed by atoms with E-state index in [-0.39, 0.29) is 18.6 Å². The van der Waals surface area contributed by atoms with Gasteiger partial charge in [-0.3, -0.25) is 4.90 Å². The molecule has 1 fully saturated rings. The van der Waals surface area contributed by atoms with Gasteiger partial charge in [0.15, 0.2) is 5.82 Å². The highest BCUT2D eigenvalue weighted by atomic mass is 19.4. The first kappa shape index (κ1) is 24.2. The van der Waals surface area contributed by atoms with Crippen LogP contribution in [0, 0.1) is 0 Å². The van der Waals surface area contributed by atoms with E-state index in [1.54, 1.807) is 24.3 Å². The number of anilines is 2. The van der Waals surface area contributed by atoms with Crippen LogP contribution in [-0.2, 0) is 17.7 Å². The van der Waals surface area contributed by atoms with Crippen molar-refractivity contribution in [1.29, 1.82) is 0 Å². The molecule has 0 radical (unpaired) electrons. The van der Waals surface area contributed by atoms with E-state index in [1.807, 2.05) is 13.8 Å². The normalized spacial score (nSPS) is 19.0. The molecule has 2 amide bonds. The lowest BCUT2D eigenvalue weighted by molar-refractivity contribution is -0.147. The van der Waals surface area contributed by atoms with E-state index in [9.17, 15) is 18.0 Å². The monoisotopic (exact) mass is 478 g/mol. The molecule has 0 spiro atoms. The molecular formula is C23H29F3N6O2. The van der Waals surface area contributed by atoms with E-state index in [0.29, 0.717) is 56.5 Å². The minimum absolute atomic E-state index is 0.0949. The molecule has 8 nitrogen and oxygen atoms in total. The molecule has 0 aliphatic carbocycles. The summed E-state index contributed by atoms with van der Waals surface area (Å²) in [6.45, 7) is 5.65. The Kier molecular flexibility index (Phi) is 7.22. The molecule has 1 saturated heterocycles. The number of rotatable bonds is 5. The average Bonchev–Trinajstić information content (AvgIpc) is 2.78. The third kappa shape index (κ3) is 5.76. The molecule has 11 heteroatoms. The number of halogens is 3. The maximum Gasteiger partial charge on any atom is 0.401 e. The Balaban J connectivity index is 1.67. The molecule has 0 unspecified atom stereocenters. The highest BCUT2D eigenvalue weighted by Gasteiger charge is 2.34. The first-order valence-corrected chi connectivity index (χ1v) is 11.4. The van der Waals surface area contributed by atoms with Crippen LogP contribution in [0.2, 0.25) is 0 Å². The lowest BCUT2D eigenvalue weighted by Gasteiger charge is -2.38. The van der Waals surface area contributed by atoms with Crippen LogP contribution in [-0.4, -0.2) is 72.5 Å². The van der Waals surface area contributed by atoms with Gasteiger partial charge < -0.3 is 20.3 Å². The summed E-state index contributed by atoms with van der Waals surface area (Å²) < 4.78 is 44.7. The number of benzene rings is 1. The highest BCUT2D eigenvalue weighted by molar-refractivity contribution is 5.89. The van der Waals surface area contributed by atoms with E-state index in [0.717, 1.165) is 16.9 Å². The standard InChI is InChI=1S/C23H29F3N6O2/c1-3-27-22(33)28-17-6-4-16(5-7-17)20-29-19-12-31(14-23(24,25)26)9-8-18(19)21(30-20)32-10-11-34-13-15(32)2/h4-7,15H,3,8-14H2,1-2H3,(H2,27,28,33)/t15-/m0/s1. The van der Waals surface area contributed by atoms with Gasteiger partial charge >= 0.3 is 12.2 Å². The van der Waals surface area contributed by atoms with E-state index in [2.05, 4.69) is 20.5 Å². The number of nitrogens with one attached hydrogen (secondary N) is 2. The molecule has 3 heterocycles. The zero-order valence-electron chi connectivity index (χ0n) is 19.3. The zero-order valence-corrected chi connectivity index (χ0v) is 19.3. The van der Waals surface area contributed by atoms with Crippen molar-refractivity contribution in [1.82, 2.24) is 20.2 Å². The third-order valence-electron chi connectivity index (χ3n) is 5.90. The number of morpholine rings is 1. The van der Waals surface area contributed by atoms with E-state index < -0.39 is 12.7 Å². The number of hydrogen-bond donors (Lipinski definition) is 2. The molecule has 34 heavy (non-hydrogen) atoms. The summed E-state index contributed by atoms with van der Waals surface area (Å²) in [7, 11) is 0. The summed E-state index contributed by atoms with van der Waals surface area (Å²) in [5, 5.41) is 5.41. The van der Waals surface area contributed by atoms with Gasteiger partial charge in [-0.2, -0.15) is 13.2 Å². The van der Waals surface area contributed by atoms with Crippen LogP contribution in [0.15, 0.2) is 24.3 Å². The number of urea groups is 1. The Morgan fingerprint density at radius 3 is 2.65 bits per heavy atom. The molecule has 1 aromatic heterocycles. The van der Waals surface area contributed by atoms with Gasteiger partial charge in [0.05, 0.1) is 31.5 Å². The summed E-state index contributed by atoms with van der Waals surface area (Å²) in [6, 6.07) is 6.89. The molecule has 4 rings (SSSR count). The van der Waals surface area contributed by atoms with Crippen molar-refractivity contribution in [2.45, 2.75) is 39.0 Å². The van der Waals surface area contributed by atoms with E-state index in [4.69, 9.17) is 9.72 Å². The SMILES string of the molecule is CCNC(=O)Nc1ccc(-c2nc3c(c(N4CCOC[C@@H]4C)n2)CCN(CC(F)(F)F)C3)cc1. The predicted octanol–water partition coefficient (Wildman–Crippen LogP) is 3.43. The molecule has 0 bridgehead atoms. The van der Waals surface area contributed by atoms with Crippen LogP contribution in [0.1, 0.15) is 25.1 Å². The van der Waals surface area contributed by atoms with Crippen LogP contribution in [0.5, 0.6) is 0 Å². The Morgan fingerprint density at radius 1 is 1.21 bits per heavy atom. The summed E-state index contributed by atoms with van der Waals surface area (Å²) in [6.07, 6.45) is -3.80. The van der Waals surface area contributed by atoms with Crippen molar-refractivity contribution in [2.75, 3.05) is 49.6 Å². The average molecular weight is 479 g/mol. The Bertz CT molecular complexity index is 1020. The van der Waals surface area contributed by atoms with Gasteiger partial charge in [0.1, 0.15) is 5.82 Å². The lowest BCUT2D eigenvalue weighted by Crippen LogP contribution is -2.46. The van der Waals surface area contributed by atoms with Crippen molar-refractivity contribution in [3.8, 4) is 11.4 Å². The second-order valence-corrected chi connectivity index (χ2v) is 8.55.